The van der Waals surface area contributed by atoms with E-state index in [9.17, 15) is 0 Å². The molecule has 0 N–H and O–H groups in total. The molecular formula is C10H12O2. The third-order valence-corrected chi connectivity index (χ3v) is 1.88. The summed E-state index contributed by atoms with van der Waals surface area (Å²) in [6.45, 7) is 3.02. The Balaban J connectivity index is 1.97. The van der Waals surface area contributed by atoms with Crippen molar-refractivity contribution in [1.29, 1.82) is 0 Å². The monoisotopic (exact) mass is 164 g/mol. The highest BCUT2D eigenvalue weighted by molar-refractivity contribution is 5.46. The fourth-order valence-electron chi connectivity index (χ4n) is 1.22. The Hall–Kier alpha value is -1.02. The molecule has 1 aromatic heterocycles. The Morgan fingerprint density at radius 2 is 2.58 bits per heavy atom. The van der Waals surface area contributed by atoms with Crippen molar-refractivity contribution in [1.82, 2.24) is 0 Å². The van der Waals surface area contributed by atoms with E-state index >= 15 is 0 Å². The molecule has 0 amide bonds. The van der Waals surface area contributed by atoms with E-state index in [-0.39, 0.29) is 0 Å². The van der Waals surface area contributed by atoms with Gasteiger partial charge in [0, 0.05) is 0 Å². The van der Waals surface area contributed by atoms with Crippen molar-refractivity contribution in [3.63, 3.8) is 0 Å². The first kappa shape index (κ1) is 7.62. The van der Waals surface area contributed by atoms with Gasteiger partial charge in [0.25, 0.3) is 0 Å². The highest BCUT2D eigenvalue weighted by Crippen LogP contribution is 2.20. The van der Waals surface area contributed by atoms with Crippen LogP contribution in [0.1, 0.15) is 19.1 Å². The molecule has 1 aromatic rings. The Kier molecular flexibility index (Phi) is 2.00. The molecule has 1 atom stereocenters. The van der Waals surface area contributed by atoms with Gasteiger partial charge < -0.3 is 9.15 Å². The summed E-state index contributed by atoms with van der Waals surface area (Å²) in [6.07, 6.45) is 5.24. The van der Waals surface area contributed by atoms with Crippen LogP contribution in [0.4, 0.5) is 0 Å². The molecule has 1 aliphatic heterocycles. The van der Waals surface area contributed by atoms with Crippen LogP contribution in [0.3, 0.4) is 0 Å². The first-order valence-electron chi connectivity index (χ1n) is 4.17. The third-order valence-electron chi connectivity index (χ3n) is 1.88. The quantitative estimate of drug-likeness (QED) is 0.641. The van der Waals surface area contributed by atoms with Crippen molar-refractivity contribution in [2.24, 2.45) is 0 Å². The summed E-state index contributed by atoms with van der Waals surface area (Å²) >= 11 is 0. The molecule has 1 saturated heterocycles. The lowest BCUT2D eigenvalue weighted by molar-refractivity contribution is 0.407. The van der Waals surface area contributed by atoms with E-state index in [1.54, 1.807) is 6.26 Å². The lowest BCUT2D eigenvalue weighted by Gasteiger charge is -1.94. The molecular weight excluding hydrogens is 152 g/mol. The van der Waals surface area contributed by atoms with E-state index in [1.807, 2.05) is 12.1 Å². The second-order valence-electron chi connectivity index (χ2n) is 3.17. The summed E-state index contributed by atoms with van der Waals surface area (Å²) in [5, 5.41) is 0. The first-order valence-corrected chi connectivity index (χ1v) is 4.17. The smallest absolute Gasteiger partial charge is 0.126 e. The van der Waals surface area contributed by atoms with Crippen LogP contribution in [0, 0.1) is 0 Å². The van der Waals surface area contributed by atoms with Crippen molar-refractivity contribution in [2.45, 2.75) is 19.4 Å². The van der Waals surface area contributed by atoms with Crippen LogP contribution in [0.2, 0.25) is 0 Å². The highest BCUT2D eigenvalue weighted by Gasteiger charge is 2.22. The summed E-state index contributed by atoms with van der Waals surface area (Å²) in [6, 6.07) is 3.85. The van der Waals surface area contributed by atoms with Crippen LogP contribution in [0.15, 0.2) is 28.4 Å². The zero-order valence-corrected chi connectivity index (χ0v) is 7.12. The first-order chi connectivity index (χ1) is 5.84. The molecule has 64 valence electrons. The SMILES string of the molecule is C/C(=C\c1ccco1)CC1CO1. The molecule has 1 unspecified atom stereocenters. The van der Waals surface area contributed by atoms with E-state index < -0.39 is 0 Å². The second-order valence-corrected chi connectivity index (χ2v) is 3.17. The largest absolute Gasteiger partial charge is 0.465 e. The molecule has 0 spiro atoms. The van der Waals surface area contributed by atoms with E-state index in [1.165, 1.54) is 5.57 Å². The molecule has 0 aliphatic carbocycles. The van der Waals surface area contributed by atoms with Gasteiger partial charge >= 0.3 is 0 Å². The summed E-state index contributed by atoms with van der Waals surface area (Å²) in [5.74, 6) is 0.924. The predicted octanol–water partition coefficient (Wildman–Crippen LogP) is 2.47. The molecule has 2 heterocycles. The Labute approximate surface area is 71.8 Å². The minimum atomic E-state index is 0.469. The van der Waals surface area contributed by atoms with Crippen molar-refractivity contribution >= 4 is 6.08 Å². The molecule has 2 heteroatoms. The second kappa shape index (κ2) is 3.15. The average molecular weight is 164 g/mol. The Morgan fingerprint density at radius 1 is 1.75 bits per heavy atom. The summed E-state index contributed by atoms with van der Waals surface area (Å²) in [4.78, 5) is 0. The summed E-state index contributed by atoms with van der Waals surface area (Å²) in [5.41, 5.74) is 1.31. The van der Waals surface area contributed by atoms with Gasteiger partial charge in [-0.2, -0.15) is 0 Å². The molecule has 12 heavy (non-hydrogen) atoms. The molecule has 1 fully saturated rings. The summed E-state index contributed by atoms with van der Waals surface area (Å²) in [7, 11) is 0. The van der Waals surface area contributed by atoms with E-state index in [0.29, 0.717) is 6.10 Å². The van der Waals surface area contributed by atoms with Gasteiger partial charge in [0.2, 0.25) is 0 Å². The maximum atomic E-state index is 5.19. The van der Waals surface area contributed by atoms with Crippen molar-refractivity contribution in [3.8, 4) is 0 Å². The van der Waals surface area contributed by atoms with Gasteiger partial charge in [-0.15, -0.1) is 0 Å². The van der Waals surface area contributed by atoms with Gasteiger partial charge in [0.15, 0.2) is 0 Å². The molecule has 0 aromatic carbocycles. The number of hydrogen-bond donors (Lipinski definition) is 0. The van der Waals surface area contributed by atoms with Crippen molar-refractivity contribution < 1.29 is 9.15 Å². The number of ether oxygens (including phenoxy) is 1. The highest BCUT2D eigenvalue weighted by atomic mass is 16.6. The van der Waals surface area contributed by atoms with Gasteiger partial charge in [-0.25, -0.2) is 0 Å². The predicted molar refractivity (Wildman–Crippen MR) is 46.7 cm³/mol. The number of rotatable bonds is 3. The van der Waals surface area contributed by atoms with Gasteiger partial charge in [-0.05, 0) is 31.6 Å². The molecule has 2 rings (SSSR count). The fourth-order valence-corrected chi connectivity index (χ4v) is 1.22. The number of epoxide rings is 1. The standard InChI is InChI=1S/C10H12O2/c1-8(6-10-7-12-10)5-9-3-2-4-11-9/h2-5,10H,6-7H2,1H3/b8-5+. The van der Waals surface area contributed by atoms with Crippen LogP contribution >= 0.6 is 0 Å². The van der Waals surface area contributed by atoms with Crippen molar-refractivity contribution in [2.75, 3.05) is 6.61 Å². The van der Waals surface area contributed by atoms with Gasteiger partial charge in [0.1, 0.15) is 5.76 Å². The van der Waals surface area contributed by atoms with Gasteiger partial charge in [-0.3, -0.25) is 0 Å². The lowest BCUT2D eigenvalue weighted by atomic mass is 10.1. The third kappa shape index (κ3) is 1.98. The maximum Gasteiger partial charge on any atom is 0.126 e. The zero-order valence-electron chi connectivity index (χ0n) is 7.12. The van der Waals surface area contributed by atoms with Crippen LogP contribution in [-0.4, -0.2) is 12.7 Å². The van der Waals surface area contributed by atoms with Crippen LogP contribution in [0.5, 0.6) is 0 Å². The summed E-state index contributed by atoms with van der Waals surface area (Å²) < 4.78 is 10.3. The van der Waals surface area contributed by atoms with Gasteiger partial charge in [0.05, 0.1) is 19.0 Å². The average Bonchev–Trinajstić information content (AvgIpc) is 2.66. The van der Waals surface area contributed by atoms with Crippen LogP contribution in [-0.2, 0) is 4.74 Å². The lowest BCUT2D eigenvalue weighted by Crippen LogP contribution is -1.85. The van der Waals surface area contributed by atoms with Crippen LogP contribution < -0.4 is 0 Å². The van der Waals surface area contributed by atoms with E-state index in [0.717, 1.165) is 18.8 Å². The number of furan rings is 1. The fraction of sp³-hybridized carbons (Fsp3) is 0.400. The van der Waals surface area contributed by atoms with Gasteiger partial charge in [-0.1, -0.05) is 5.57 Å². The molecule has 0 radical (unpaired) electrons. The van der Waals surface area contributed by atoms with E-state index in [4.69, 9.17) is 9.15 Å². The maximum absolute atomic E-state index is 5.19. The minimum Gasteiger partial charge on any atom is -0.465 e. The normalized spacial score (nSPS) is 22.8. The van der Waals surface area contributed by atoms with Crippen LogP contribution in [0.25, 0.3) is 6.08 Å². The topological polar surface area (TPSA) is 25.7 Å². The Bertz CT molecular complexity index is 268. The zero-order chi connectivity index (χ0) is 8.39. The molecule has 0 saturated carbocycles. The molecule has 2 nitrogen and oxygen atoms in total. The van der Waals surface area contributed by atoms with Crippen molar-refractivity contribution in [3.05, 3.63) is 29.7 Å². The van der Waals surface area contributed by atoms with E-state index in [2.05, 4.69) is 13.0 Å². The molecule has 0 bridgehead atoms. The minimum absolute atomic E-state index is 0.469. The number of hydrogen-bond acceptors (Lipinski definition) is 2. The molecule has 1 aliphatic rings. The Morgan fingerprint density at radius 3 is 3.17 bits per heavy atom.